The molecule has 0 saturated heterocycles. The molecule has 0 spiro atoms. The van der Waals surface area contributed by atoms with Crippen LogP contribution >= 0.6 is 0 Å². The van der Waals surface area contributed by atoms with Gasteiger partial charge in [0.2, 0.25) is 0 Å². The highest BCUT2D eigenvalue weighted by molar-refractivity contribution is 4.55. The van der Waals surface area contributed by atoms with Gasteiger partial charge in [-0.05, 0) is 51.4 Å². The van der Waals surface area contributed by atoms with Crippen molar-refractivity contribution in [2.24, 2.45) is 0 Å². The van der Waals surface area contributed by atoms with Gasteiger partial charge in [0.25, 0.3) is 0 Å². The molecule has 0 aliphatic rings. The first-order valence-corrected chi connectivity index (χ1v) is 18.1. The lowest BCUT2D eigenvalue weighted by atomic mass is 10.0. The Morgan fingerprint density at radius 3 is 0.579 bits per heavy atom. The molecule has 0 amide bonds. The van der Waals surface area contributed by atoms with Crippen LogP contribution < -0.4 is 4.70 Å². The quantitative estimate of drug-likeness (QED) is 0.0587. The summed E-state index contributed by atoms with van der Waals surface area (Å²) in [4.78, 5) is 0. The number of hydrogen-bond donors (Lipinski definition) is 0. The Hall–Kier alpha value is -0.110. The Labute approximate surface area is 242 Å². The lowest BCUT2D eigenvalue weighted by Gasteiger charge is -2.40. The van der Waals surface area contributed by atoms with Gasteiger partial charge in [-0.2, -0.15) is 0 Å². The summed E-state index contributed by atoms with van der Waals surface area (Å²) in [7, 11) is 0. The van der Waals surface area contributed by atoms with Gasteiger partial charge in [-0.3, -0.25) is 0 Å². The first-order valence-electron chi connectivity index (χ1n) is 18.1. The van der Waals surface area contributed by atoms with Gasteiger partial charge in [0.1, 0.15) is 0 Å². The van der Waals surface area contributed by atoms with E-state index in [0.29, 0.717) is 0 Å². The van der Waals surface area contributed by atoms with Gasteiger partial charge in [0, 0.05) is 0 Å². The smallest absolute Gasteiger partial charge is 0.0786 e. The fourth-order valence-electron chi connectivity index (χ4n) is 6.29. The first-order chi connectivity index (χ1) is 18.2. The summed E-state index contributed by atoms with van der Waals surface area (Å²) in [6.07, 6.45) is 40.7. The molecule has 0 unspecified atom stereocenters. The largest absolute Gasteiger partial charge is 1.00 e. The van der Waals surface area contributed by atoms with Crippen LogP contribution in [-0.2, 0) is 0 Å². The predicted octanol–water partition coefficient (Wildman–Crippen LogP) is 9.81. The van der Waals surface area contributed by atoms with E-state index in [1.54, 1.807) is 0 Å². The first kappa shape index (κ1) is 40.0. The third-order valence-electron chi connectivity index (χ3n) is 8.94. The second kappa shape index (κ2) is 33.1. The minimum atomic E-state index is 0. The van der Waals surface area contributed by atoms with Crippen LogP contribution in [0, 0.1) is 0 Å². The van der Waals surface area contributed by atoms with Gasteiger partial charge < -0.3 is 9.19 Å². The molecule has 38 heavy (non-hydrogen) atoms. The number of unbranched alkanes of at least 4 members (excludes halogenated alkanes) is 24. The summed E-state index contributed by atoms with van der Waals surface area (Å²) in [6.45, 7) is 15.3. The van der Waals surface area contributed by atoms with Gasteiger partial charge in [-0.25, -0.2) is 0 Å². The van der Waals surface area contributed by atoms with Crippen molar-refractivity contribution in [1.29, 1.82) is 0 Å². The van der Waals surface area contributed by atoms with Gasteiger partial charge >= 0.3 is 0 Å². The van der Waals surface area contributed by atoms with E-state index in [-0.39, 0.29) is 4.70 Å². The van der Waals surface area contributed by atoms with E-state index < -0.39 is 0 Å². The Bertz CT molecular complexity index is 369. The van der Waals surface area contributed by atoms with E-state index in [1.807, 2.05) is 0 Å². The Morgan fingerprint density at radius 2 is 0.395 bits per heavy atom. The zero-order valence-corrected chi connectivity index (χ0v) is 27.5. The van der Waals surface area contributed by atoms with Gasteiger partial charge in [-0.1, -0.05) is 156 Å². The van der Waals surface area contributed by atoms with Crippen LogP contribution in [0.25, 0.3) is 0 Å². The van der Waals surface area contributed by atoms with Gasteiger partial charge in [-0.15, -0.1) is 0 Å². The van der Waals surface area contributed by atoms with Gasteiger partial charge in [0.15, 0.2) is 0 Å². The highest BCUT2D eigenvalue weighted by atomic mass is 19.0. The Balaban J connectivity index is 0. The summed E-state index contributed by atoms with van der Waals surface area (Å²) in [5, 5.41) is 0. The Kier molecular flexibility index (Phi) is 34.9. The van der Waals surface area contributed by atoms with Crippen molar-refractivity contribution >= 4 is 0 Å². The average Bonchev–Trinajstić information content (AvgIpc) is 2.91. The minimum Gasteiger partial charge on any atom is -1.00 e. The number of quaternary nitrogens is 1. The number of rotatable bonds is 32. The van der Waals surface area contributed by atoms with E-state index in [9.17, 15) is 0 Å². The fraction of sp³-hybridized carbons (Fsp3) is 1.00. The van der Waals surface area contributed by atoms with Crippen molar-refractivity contribution in [1.82, 2.24) is 0 Å². The lowest BCUT2D eigenvalue weighted by molar-refractivity contribution is -0.929. The predicted molar refractivity (Wildman–Crippen MR) is 172 cm³/mol. The zero-order chi connectivity index (χ0) is 27.1. The number of hydrogen-bond acceptors (Lipinski definition) is 0. The normalized spacial score (nSPS) is 11.7. The lowest BCUT2D eigenvalue weighted by Crippen LogP contribution is -3.00. The molecular weight excluding hydrogens is 465 g/mol. The topological polar surface area (TPSA) is 0 Å². The molecule has 0 atom stereocenters. The third kappa shape index (κ3) is 27.5. The highest BCUT2D eigenvalue weighted by Gasteiger charge is 2.25. The monoisotopic (exact) mass is 542 g/mol. The van der Waals surface area contributed by atoms with E-state index in [4.69, 9.17) is 0 Å². The molecule has 0 aliphatic heterocycles. The van der Waals surface area contributed by atoms with E-state index >= 15 is 0 Å². The molecule has 0 radical (unpaired) electrons. The molecule has 2 heteroatoms. The molecule has 232 valence electrons. The van der Waals surface area contributed by atoms with Crippen molar-refractivity contribution in [2.45, 2.75) is 207 Å². The molecular formula is C36H76FN. The number of nitrogens with zero attached hydrogens (tertiary/aromatic N) is 1. The third-order valence-corrected chi connectivity index (χ3v) is 8.94. The maximum Gasteiger partial charge on any atom is 0.0786 e. The average molecular weight is 542 g/mol. The molecule has 0 aromatic rings. The summed E-state index contributed by atoms with van der Waals surface area (Å²) in [6, 6.07) is 0. The van der Waals surface area contributed by atoms with Crippen molar-refractivity contribution in [3.8, 4) is 0 Å². The molecule has 0 aromatic heterocycles. The van der Waals surface area contributed by atoms with Gasteiger partial charge in [0.05, 0.1) is 26.2 Å². The highest BCUT2D eigenvalue weighted by Crippen LogP contribution is 2.21. The van der Waals surface area contributed by atoms with Crippen molar-refractivity contribution in [3.63, 3.8) is 0 Å². The SMILES string of the molecule is CCCCCCCCCCCC[N+](CCCCCCCC)(CCCCCCCC)CCCCCCCC.[F-]. The molecule has 1 nitrogen and oxygen atoms in total. The van der Waals surface area contributed by atoms with E-state index in [2.05, 4.69) is 27.7 Å². The maximum atomic E-state index is 2.34. The second-order valence-corrected chi connectivity index (χ2v) is 12.7. The number of halogens is 1. The maximum absolute atomic E-state index is 2.34. The van der Waals surface area contributed by atoms with Crippen molar-refractivity contribution in [3.05, 3.63) is 0 Å². The fourth-order valence-corrected chi connectivity index (χ4v) is 6.29. The van der Waals surface area contributed by atoms with Crippen LogP contribution in [0.1, 0.15) is 207 Å². The summed E-state index contributed by atoms with van der Waals surface area (Å²) < 4.78 is 1.48. The molecule has 0 saturated carbocycles. The van der Waals surface area contributed by atoms with Crippen LogP contribution in [0.5, 0.6) is 0 Å². The van der Waals surface area contributed by atoms with Crippen LogP contribution in [0.4, 0.5) is 0 Å². The Morgan fingerprint density at radius 1 is 0.237 bits per heavy atom. The van der Waals surface area contributed by atoms with Crippen molar-refractivity contribution < 1.29 is 9.19 Å². The van der Waals surface area contributed by atoms with Crippen molar-refractivity contribution in [2.75, 3.05) is 26.2 Å². The molecule has 0 heterocycles. The van der Waals surface area contributed by atoms with Crippen LogP contribution in [0.15, 0.2) is 0 Å². The summed E-state index contributed by atoms with van der Waals surface area (Å²) in [5.74, 6) is 0. The molecule has 0 aromatic carbocycles. The van der Waals surface area contributed by atoms with Crippen LogP contribution in [0.3, 0.4) is 0 Å². The standard InChI is InChI=1S/C36H76N.FH/c1-5-9-13-17-21-22-23-24-28-32-36-37(33-29-25-18-14-10-6-2,34-30-26-19-15-11-7-3)35-31-27-20-16-12-8-4;/h5-36H2,1-4H3;1H/q+1;/p-1. The molecule has 0 fully saturated rings. The minimum absolute atomic E-state index is 0. The molecule has 0 N–H and O–H groups in total. The second-order valence-electron chi connectivity index (χ2n) is 12.7. The molecule has 0 bridgehead atoms. The van der Waals surface area contributed by atoms with E-state index in [1.165, 1.54) is 210 Å². The summed E-state index contributed by atoms with van der Waals surface area (Å²) in [5.41, 5.74) is 0. The molecule has 0 rings (SSSR count). The zero-order valence-electron chi connectivity index (χ0n) is 27.5. The molecule has 0 aliphatic carbocycles. The van der Waals surface area contributed by atoms with E-state index in [0.717, 1.165) is 0 Å². The van der Waals surface area contributed by atoms with Crippen LogP contribution in [-0.4, -0.2) is 30.7 Å². The summed E-state index contributed by atoms with van der Waals surface area (Å²) >= 11 is 0. The van der Waals surface area contributed by atoms with Crippen LogP contribution in [0.2, 0.25) is 0 Å².